The summed E-state index contributed by atoms with van der Waals surface area (Å²) in [6.07, 6.45) is 1.41. The Balaban J connectivity index is 1.76. The van der Waals surface area contributed by atoms with Crippen molar-refractivity contribution in [1.82, 2.24) is 4.57 Å². The monoisotopic (exact) mass is 370 g/mol. The third kappa shape index (κ3) is 4.38. The normalized spacial score (nSPS) is 10.5. The van der Waals surface area contributed by atoms with Crippen LogP contribution in [0.5, 0.6) is 5.75 Å². The number of amides is 1. The Morgan fingerprint density at radius 3 is 2.52 bits per heavy atom. The number of pyridine rings is 1. The summed E-state index contributed by atoms with van der Waals surface area (Å²) >= 11 is 0. The van der Waals surface area contributed by atoms with Crippen molar-refractivity contribution in [3.8, 4) is 5.75 Å². The van der Waals surface area contributed by atoms with E-state index in [1.807, 2.05) is 30.3 Å². The number of anilines is 1. The fourth-order valence-electron chi connectivity index (χ4n) is 2.44. The summed E-state index contributed by atoms with van der Waals surface area (Å²) in [4.78, 5) is 24.6. The number of carbonyl (C=O) groups excluding carboxylic acids is 1. The summed E-state index contributed by atoms with van der Waals surface area (Å²) in [6, 6.07) is 13.5. The summed E-state index contributed by atoms with van der Waals surface area (Å²) in [7, 11) is 1.58. The molecule has 0 saturated carbocycles. The molecule has 1 heterocycles. The van der Waals surface area contributed by atoms with Crippen molar-refractivity contribution in [3.63, 3.8) is 0 Å². The van der Waals surface area contributed by atoms with E-state index in [0.29, 0.717) is 0 Å². The van der Waals surface area contributed by atoms with E-state index in [-0.39, 0.29) is 23.7 Å². The van der Waals surface area contributed by atoms with E-state index in [9.17, 15) is 18.4 Å². The van der Waals surface area contributed by atoms with E-state index in [1.165, 1.54) is 16.8 Å². The summed E-state index contributed by atoms with van der Waals surface area (Å²) in [6.45, 7) is 0.219. The second kappa shape index (κ2) is 7.82. The van der Waals surface area contributed by atoms with Gasteiger partial charge in [-0.25, -0.2) is 8.78 Å². The molecule has 0 fully saturated rings. The molecule has 2 aromatic carbocycles. The minimum absolute atomic E-state index is 0.0526. The summed E-state index contributed by atoms with van der Waals surface area (Å²) in [5.41, 5.74) is 0.576. The molecule has 0 radical (unpaired) electrons. The number of carbonyl (C=O) groups is 1. The van der Waals surface area contributed by atoms with Crippen LogP contribution in [0.2, 0.25) is 0 Å². The molecular weight excluding hydrogens is 354 g/mol. The third-order valence-electron chi connectivity index (χ3n) is 3.85. The molecule has 0 spiro atoms. The highest BCUT2D eigenvalue weighted by Gasteiger charge is 2.14. The largest absolute Gasteiger partial charge is 0.483 e. The summed E-state index contributed by atoms with van der Waals surface area (Å²) in [5.74, 6) is -2.62. The number of aryl methyl sites for hydroxylation is 1. The Labute approximate surface area is 153 Å². The van der Waals surface area contributed by atoms with Crippen LogP contribution in [0.3, 0.4) is 0 Å². The molecule has 0 saturated heterocycles. The lowest BCUT2D eigenvalue weighted by molar-refractivity contribution is 0.101. The van der Waals surface area contributed by atoms with Crippen LogP contribution in [0, 0.1) is 11.6 Å². The maximum absolute atomic E-state index is 13.3. The van der Waals surface area contributed by atoms with Crippen LogP contribution in [0.1, 0.15) is 16.1 Å². The molecule has 3 aromatic rings. The first kappa shape index (κ1) is 18.3. The van der Waals surface area contributed by atoms with E-state index in [2.05, 4.69) is 5.32 Å². The van der Waals surface area contributed by atoms with Crippen LogP contribution >= 0.6 is 0 Å². The molecule has 1 N–H and O–H groups in total. The van der Waals surface area contributed by atoms with Crippen LogP contribution in [0.4, 0.5) is 14.5 Å². The maximum atomic E-state index is 13.3. The average Bonchev–Trinajstić information content (AvgIpc) is 2.66. The van der Waals surface area contributed by atoms with Gasteiger partial charge in [-0.2, -0.15) is 0 Å². The van der Waals surface area contributed by atoms with E-state index in [0.717, 1.165) is 23.8 Å². The van der Waals surface area contributed by atoms with E-state index in [4.69, 9.17) is 4.74 Å². The summed E-state index contributed by atoms with van der Waals surface area (Å²) < 4.78 is 33.2. The highest BCUT2D eigenvalue weighted by atomic mass is 19.2. The van der Waals surface area contributed by atoms with Crippen molar-refractivity contribution in [3.05, 3.63) is 93.9 Å². The standard InChI is InChI=1S/C20H16F2N2O3/c1-24-11-19(27-12-13-5-3-2-4-6-13)18(25)10-17(24)20(26)23-14-7-8-15(21)16(22)9-14/h2-11H,12H2,1H3,(H,23,26). The van der Waals surface area contributed by atoms with Gasteiger partial charge in [-0.1, -0.05) is 30.3 Å². The zero-order chi connectivity index (χ0) is 19.4. The summed E-state index contributed by atoms with van der Waals surface area (Å²) in [5, 5.41) is 2.43. The second-order valence-corrected chi connectivity index (χ2v) is 5.86. The second-order valence-electron chi connectivity index (χ2n) is 5.86. The minimum atomic E-state index is -1.08. The zero-order valence-corrected chi connectivity index (χ0v) is 14.4. The van der Waals surface area contributed by atoms with Gasteiger partial charge in [0.05, 0.1) is 6.20 Å². The SMILES string of the molecule is Cn1cc(OCc2ccccc2)c(=O)cc1C(=O)Nc1ccc(F)c(F)c1. The molecule has 27 heavy (non-hydrogen) atoms. The molecule has 0 aliphatic heterocycles. The van der Waals surface area contributed by atoms with Gasteiger partial charge >= 0.3 is 0 Å². The molecule has 1 amide bonds. The molecule has 0 aliphatic carbocycles. The number of halogens is 2. The fourth-order valence-corrected chi connectivity index (χ4v) is 2.44. The Morgan fingerprint density at radius 1 is 1.07 bits per heavy atom. The smallest absolute Gasteiger partial charge is 0.272 e. The van der Waals surface area contributed by atoms with E-state index < -0.39 is 23.0 Å². The molecule has 0 bridgehead atoms. The predicted octanol–water partition coefficient (Wildman–Crippen LogP) is 3.49. The molecule has 1 aromatic heterocycles. The average molecular weight is 370 g/mol. The van der Waals surface area contributed by atoms with Crippen molar-refractivity contribution in [2.45, 2.75) is 6.61 Å². The molecular formula is C20H16F2N2O3. The quantitative estimate of drug-likeness (QED) is 0.748. The number of aromatic nitrogens is 1. The van der Waals surface area contributed by atoms with E-state index in [1.54, 1.807) is 7.05 Å². The van der Waals surface area contributed by atoms with E-state index >= 15 is 0 Å². The van der Waals surface area contributed by atoms with Crippen LogP contribution < -0.4 is 15.5 Å². The first-order valence-electron chi connectivity index (χ1n) is 8.08. The number of rotatable bonds is 5. The third-order valence-corrected chi connectivity index (χ3v) is 3.85. The number of nitrogens with one attached hydrogen (secondary N) is 1. The van der Waals surface area contributed by atoms with Gasteiger partial charge in [-0.15, -0.1) is 0 Å². The van der Waals surface area contributed by atoms with Gasteiger partial charge in [0, 0.05) is 24.9 Å². The van der Waals surface area contributed by atoms with Crippen LogP contribution in [0.15, 0.2) is 65.6 Å². The van der Waals surface area contributed by atoms with Crippen molar-refractivity contribution >= 4 is 11.6 Å². The van der Waals surface area contributed by atoms with Crippen molar-refractivity contribution in [2.24, 2.45) is 7.05 Å². The number of benzene rings is 2. The van der Waals surface area contributed by atoms with Crippen LogP contribution in [-0.2, 0) is 13.7 Å². The van der Waals surface area contributed by atoms with Crippen molar-refractivity contribution in [2.75, 3.05) is 5.32 Å². The number of nitrogens with zero attached hydrogens (tertiary/aromatic N) is 1. The van der Waals surface area contributed by atoms with Gasteiger partial charge in [0.25, 0.3) is 5.91 Å². The lowest BCUT2D eigenvalue weighted by Gasteiger charge is -2.12. The van der Waals surface area contributed by atoms with Crippen LogP contribution in [-0.4, -0.2) is 10.5 Å². The highest BCUT2D eigenvalue weighted by Crippen LogP contribution is 2.15. The Hall–Kier alpha value is -3.48. The Kier molecular flexibility index (Phi) is 5.30. The fraction of sp³-hybridized carbons (Fsp3) is 0.100. The van der Waals surface area contributed by atoms with Crippen molar-refractivity contribution in [1.29, 1.82) is 0 Å². The molecule has 0 aliphatic rings. The molecule has 5 nitrogen and oxygen atoms in total. The highest BCUT2D eigenvalue weighted by molar-refractivity contribution is 6.03. The first-order valence-corrected chi connectivity index (χ1v) is 8.08. The molecule has 0 unspecified atom stereocenters. The zero-order valence-electron chi connectivity index (χ0n) is 14.4. The molecule has 138 valence electrons. The van der Waals surface area contributed by atoms with Crippen molar-refractivity contribution < 1.29 is 18.3 Å². The first-order chi connectivity index (χ1) is 12.9. The van der Waals surface area contributed by atoms with Crippen LogP contribution in [0.25, 0.3) is 0 Å². The lowest BCUT2D eigenvalue weighted by Crippen LogP contribution is -2.21. The molecule has 7 heteroatoms. The number of hydrogen-bond acceptors (Lipinski definition) is 3. The van der Waals surface area contributed by atoms with Gasteiger partial charge < -0.3 is 14.6 Å². The number of hydrogen-bond donors (Lipinski definition) is 1. The molecule has 0 atom stereocenters. The number of ether oxygens (including phenoxy) is 1. The Bertz CT molecular complexity index is 1030. The minimum Gasteiger partial charge on any atom is -0.483 e. The van der Waals surface area contributed by atoms with Gasteiger partial charge in [0.1, 0.15) is 12.3 Å². The van der Waals surface area contributed by atoms with Gasteiger partial charge in [0.2, 0.25) is 5.43 Å². The van der Waals surface area contributed by atoms with Gasteiger partial charge in [-0.05, 0) is 17.7 Å². The lowest BCUT2D eigenvalue weighted by atomic mass is 10.2. The van der Waals surface area contributed by atoms with Gasteiger partial charge in [0.15, 0.2) is 17.4 Å². The van der Waals surface area contributed by atoms with Gasteiger partial charge in [-0.3, -0.25) is 9.59 Å². The maximum Gasteiger partial charge on any atom is 0.272 e. The topological polar surface area (TPSA) is 60.3 Å². The Morgan fingerprint density at radius 2 is 1.81 bits per heavy atom. The molecule has 3 rings (SSSR count). The predicted molar refractivity (Wildman–Crippen MR) is 96.8 cm³/mol.